The summed E-state index contributed by atoms with van der Waals surface area (Å²) in [5.74, 6) is -7.81. The third-order valence-corrected chi connectivity index (χ3v) is 2.17. The Morgan fingerprint density at radius 2 is 1.37 bits per heavy atom. The first kappa shape index (κ1) is 16.6. The molecule has 106 valence electrons. The number of hydrogen-bond donors (Lipinski definition) is 3. The molecule has 9 heteroatoms. The van der Waals surface area contributed by atoms with E-state index in [2.05, 4.69) is 0 Å². The summed E-state index contributed by atoms with van der Waals surface area (Å²) in [6, 6.07) is 0. The van der Waals surface area contributed by atoms with Crippen molar-refractivity contribution in [3.8, 4) is 0 Å². The van der Waals surface area contributed by atoms with Crippen LogP contribution in [0.3, 0.4) is 0 Å². The maximum Gasteiger partial charge on any atom is 0.323 e. The summed E-state index contributed by atoms with van der Waals surface area (Å²) in [5, 5.41) is 25.8. The van der Waals surface area contributed by atoms with E-state index in [-0.39, 0.29) is 0 Å². The maximum absolute atomic E-state index is 11.6. The standard InChI is InChI=1S/C10H13NO8/c1-5(12)6(10(18)19)2-7(13)11(3-8(14)15)4-9(16)17/h6H,2-4H2,1H3,(H,14,15)(H,16,17)(H,18,19). The normalized spacial score (nSPS) is 11.4. The van der Waals surface area contributed by atoms with Crippen molar-refractivity contribution in [2.24, 2.45) is 5.92 Å². The lowest BCUT2D eigenvalue weighted by Crippen LogP contribution is -2.41. The molecule has 9 nitrogen and oxygen atoms in total. The van der Waals surface area contributed by atoms with Gasteiger partial charge in [0.2, 0.25) is 5.91 Å². The molecular formula is C10H13NO8. The minimum absolute atomic E-state index is 0.462. The molecule has 0 aromatic carbocycles. The van der Waals surface area contributed by atoms with E-state index in [0.717, 1.165) is 6.92 Å². The van der Waals surface area contributed by atoms with Gasteiger partial charge in [-0.15, -0.1) is 0 Å². The lowest BCUT2D eigenvalue weighted by atomic mass is 10.0. The Morgan fingerprint density at radius 1 is 0.947 bits per heavy atom. The van der Waals surface area contributed by atoms with E-state index in [1.165, 1.54) is 0 Å². The highest BCUT2D eigenvalue weighted by Crippen LogP contribution is 2.08. The van der Waals surface area contributed by atoms with Gasteiger partial charge in [0.25, 0.3) is 0 Å². The molecule has 0 aliphatic heterocycles. The van der Waals surface area contributed by atoms with Gasteiger partial charge < -0.3 is 20.2 Å². The fourth-order valence-corrected chi connectivity index (χ4v) is 1.27. The van der Waals surface area contributed by atoms with E-state index in [4.69, 9.17) is 15.3 Å². The molecule has 0 heterocycles. The second-order valence-electron chi connectivity index (χ2n) is 3.74. The molecule has 1 unspecified atom stereocenters. The largest absolute Gasteiger partial charge is 0.481 e. The molecule has 1 atom stereocenters. The molecule has 0 saturated carbocycles. The quantitative estimate of drug-likeness (QED) is 0.461. The Bertz CT molecular complexity index is 386. The van der Waals surface area contributed by atoms with E-state index in [1.807, 2.05) is 0 Å². The third-order valence-electron chi connectivity index (χ3n) is 2.17. The number of carbonyl (C=O) groups is 5. The lowest BCUT2D eigenvalue weighted by molar-refractivity contribution is -0.152. The van der Waals surface area contributed by atoms with Crippen molar-refractivity contribution in [2.75, 3.05) is 13.1 Å². The van der Waals surface area contributed by atoms with Crippen LogP contribution in [0.5, 0.6) is 0 Å². The van der Waals surface area contributed by atoms with Crippen molar-refractivity contribution < 1.29 is 39.3 Å². The monoisotopic (exact) mass is 275 g/mol. The first-order chi connectivity index (χ1) is 8.65. The highest BCUT2D eigenvalue weighted by molar-refractivity contribution is 6.00. The minimum atomic E-state index is -1.61. The molecular weight excluding hydrogens is 262 g/mol. The van der Waals surface area contributed by atoms with E-state index in [1.54, 1.807) is 0 Å². The number of nitrogens with zero attached hydrogens (tertiary/aromatic N) is 1. The zero-order chi connectivity index (χ0) is 15.2. The summed E-state index contributed by atoms with van der Waals surface area (Å²) >= 11 is 0. The Balaban J connectivity index is 4.88. The number of hydrogen-bond acceptors (Lipinski definition) is 5. The molecule has 0 radical (unpaired) electrons. The van der Waals surface area contributed by atoms with Crippen LogP contribution in [0.1, 0.15) is 13.3 Å². The predicted octanol–water partition coefficient (Wildman–Crippen LogP) is -1.34. The minimum Gasteiger partial charge on any atom is -0.481 e. The Hall–Kier alpha value is -2.45. The number of rotatable bonds is 8. The number of ketones is 1. The summed E-state index contributed by atoms with van der Waals surface area (Å²) in [6.07, 6.45) is -0.773. The molecule has 0 aliphatic rings. The SMILES string of the molecule is CC(=O)C(CC(=O)N(CC(=O)O)CC(=O)O)C(=O)O. The Morgan fingerprint density at radius 3 is 1.63 bits per heavy atom. The van der Waals surface area contributed by atoms with Gasteiger partial charge in [0.15, 0.2) is 0 Å². The predicted molar refractivity (Wildman–Crippen MR) is 58.3 cm³/mol. The number of aliphatic carboxylic acids is 3. The molecule has 0 fully saturated rings. The van der Waals surface area contributed by atoms with Gasteiger partial charge in [0.05, 0.1) is 0 Å². The van der Waals surface area contributed by atoms with Gasteiger partial charge in [-0.3, -0.25) is 24.0 Å². The highest BCUT2D eigenvalue weighted by atomic mass is 16.4. The van der Waals surface area contributed by atoms with Crippen LogP contribution in [0.4, 0.5) is 0 Å². The van der Waals surface area contributed by atoms with Crippen LogP contribution >= 0.6 is 0 Å². The smallest absolute Gasteiger partial charge is 0.323 e. The fraction of sp³-hybridized carbons (Fsp3) is 0.500. The Kier molecular flexibility index (Phi) is 6.17. The molecule has 1 amide bonds. The summed E-state index contributed by atoms with van der Waals surface area (Å²) < 4.78 is 0. The molecule has 3 N–H and O–H groups in total. The highest BCUT2D eigenvalue weighted by Gasteiger charge is 2.29. The molecule has 0 spiro atoms. The number of amides is 1. The summed E-state index contributed by atoms with van der Waals surface area (Å²) in [6.45, 7) is -0.782. The van der Waals surface area contributed by atoms with E-state index < -0.39 is 55.0 Å². The van der Waals surface area contributed by atoms with E-state index >= 15 is 0 Å². The molecule has 0 bridgehead atoms. The first-order valence-corrected chi connectivity index (χ1v) is 5.09. The number of carboxylic acids is 3. The van der Waals surface area contributed by atoms with Crippen molar-refractivity contribution >= 4 is 29.6 Å². The topological polar surface area (TPSA) is 149 Å². The first-order valence-electron chi connectivity index (χ1n) is 5.09. The third kappa shape index (κ3) is 6.15. The molecule has 0 aromatic rings. The van der Waals surface area contributed by atoms with Crippen LogP contribution in [0.2, 0.25) is 0 Å². The van der Waals surface area contributed by atoms with Gasteiger partial charge in [-0.1, -0.05) is 0 Å². The second-order valence-corrected chi connectivity index (χ2v) is 3.74. The lowest BCUT2D eigenvalue weighted by Gasteiger charge is -2.19. The number of Topliss-reactive ketones (excluding diaryl/α,β-unsaturated/α-hetero) is 1. The van der Waals surface area contributed by atoms with E-state index in [9.17, 15) is 24.0 Å². The van der Waals surface area contributed by atoms with Crippen molar-refractivity contribution in [2.45, 2.75) is 13.3 Å². The molecule has 0 aromatic heterocycles. The molecule has 0 saturated heterocycles. The molecule has 0 rings (SSSR count). The number of carboxylic acid groups (broad SMARTS) is 3. The van der Waals surface area contributed by atoms with Crippen molar-refractivity contribution in [1.29, 1.82) is 0 Å². The maximum atomic E-state index is 11.6. The van der Waals surface area contributed by atoms with Crippen LogP contribution in [0.25, 0.3) is 0 Å². The van der Waals surface area contributed by atoms with Gasteiger partial charge in [-0.25, -0.2) is 0 Å². The van der Waals surface area contributed by atoms with Crippen molar-refractivity contribution in [3.63, 3.8) is 0 Å². The summed E-state index contributed by atoms with van der Waals surface area (Å²) in [4.78, 5) is 54.8. The van der Waals surface area contributed by atoms with Crippen molar-refractivity contribution in [1.82, 2.24) is 4.90 Å². The van der Waals surface area contributed by atoms with Crippen LogP contribution in [0.15, 0.2) is 0 Å². The van der Waals surface area contributed by atoms with Gasteiger partial charge in [0.1, 0.15) is 24.8 Å². The van der Waals surface area contributed by atoms with Gasteiger partial charge in [0, 0.05) is 6.42 Å². The fourth-order valence-electron chi connectivity index (χ4n) is 1.27. The summed E-state index contributed by atoms with van der Waals surface area (Å²) in [5.41, 5.74) is 0. The number of carbonyl (C=O) groups excluding carboxylic acids is 2. The second kappa shape index (κ2) is 7.09. The summed E-state index contributed by atoms with van der Waals surface area (Å²) in [7, 11) is 0. The van der Waals surface area contributed by atoms with Crippen LogP contribution in [-0.2, 0) is 24.0 Å². The van der Waals surface area contributed by atoms with E-state index in [0.29, 0.717) is 4.90 Å². The van der Waals surface area contributed by atoms with Crippen LogP contribution in [0, 0.1) is 5.92 Å². The van der Waals surface area contributed by atoms with Gasteiger partial charge in [-0.2, -0.15) is 0 Å². The Labute approximate surface area is 107 Å². The average Bonchev–Trinajstić information content (AvgIpc) is 2.22. The van der Waals surface area contributed by atoms with Crippen LogP contribution < -0.4 is 0 Å². The zero-order valence-corrected chi connectivity index (χ0v) is 10.0. The zero-order valence-electron chi connectivity index (χ0n) is 10.0. The van der Waals surface area contributed by atoms with Gasteiger partial charge in [-0.05, 0) is 6.92 Å². The van der Waals surface area contributed by atoms with Gasteiger partial charge >= 0.3 is 17.9 Å². The van der Waals surface area contributed by atoms with Crippen LogP contribution in [-0.4, -0.2) is 62.9 Å². The average molecular weight is 275 g/mol. The van der Waals surface area contributed by atoms with Crippen molar-refractivity contribution in [3.05, 3.63) is 0 Å². The molecule has 0 aliphatic carbocycles. The molecule has 19 heavy (non-hydrogen) atoms.